The first-order valence-corrected chi connectivity index (χ1v) is 14.6. The third-order valence-corrected chi connectivity index (χ3v) is 7.03. The number of allylic oxidation sites excluding steroid dienone is 3. The van der Waals surface area contributed by atoms with Crippen LogP contribution in [0.25, 0.3) is 0 Å². The Morgan fingerprint density at radius 2 is 1.35 bits per heavy atom. The number of Topliss-reactive ketones (excluding diaryl/α,β-unsaturated/α-hetero) is 1. The second-order valence-electron chi connectivity index (χ2n) is 11.6. The molecule has 0 aromatic heterocycles. The fourth-order valence-corrected chi connectivity index (χ4v) is 4.58. The lowest BCUT2D eigenvalue weighted by Gasteiger charge is -2.17. The van der Waals surface area contributed by atoms with Crippen molar-refractivity contribution in [2.75, 3.05) is 38.0 Å². The standard InChI is InChI=1S/C17H26N2O3.C17H24N2O2/c1-12(5-10-16(20)18-22)11-13(2)17(21)14-6-8-15(9-7-14)19(3)4;1-13(5-10-17(20)18-21)11-14(2)12-15-6-8-16(9-7-15)19(3)4/h6-9,12-13,22H,5,10-11H2,1-4H3,(H,18,20);5-11,14,21H,12H2,1-4H3,(H,18,20)/b;10-5+,13-11+. The molecule has 2 aromatic rings. The molecule has 3 atom stereocenters. The third kappa shape index (κ3) is 14.7. The van der Waals surface area contributed by atoms with E-state index in [9.17, 15) is 14.4 Å². The molecule has 3 unspecified atom stereocenters. The molecule has 2 rings (SSSR count). The number of carbonyl (C=O) groups excluding carboxylic acids is 3. The zero-order valence-corrected chi connectivity index (χ0v) is 26.9. The van der Waals surface area contributed by atoms with Gasteiger partial charge in [0.1, 0.15) is 0 Å². The summed E-state index contributed by atoms with van der Waals surface area (Å²) in [5.74, 6) is -0.240. The average Bonchev–Trinajstić information content (AvgIpc) is 2.98. The molecule has 0 fully saturated rings. The number of nitrogens with one attached hydrogen (secondary N) is 2. The molecule has 9 nitrogen and oxygen atoms in total. The quantitative estimate of drug-likeness (QED) is 0.0715. The highest BCUT2D eigenvalue weighted by molar-refractivity contribution is 5.97. The van der Waals surface area contributed by atoms with Crippen LogP contribution in [0.4, 0.5) is 11.4 Å². The molecule has 0 bridgehead atoms. The van der Waals surface area contributed by atoms with Crippen LogP contribution >= 0.6 is 0 Å². The van der Waals surface area contributed by atoms with E-state index in [0.717, 1.165) is 29.7 Å². The van der Waals surface area contributed by atoms with Crippen LogP contribution in [0, 0.1) is 17.8 Å². The Hall–Kier alpha value is -3.95. The zero-order chi connectivity index (χ0) is 32.5. The molecule has 236 valence electrons. The van der Waals surface area contributed by atoms with Crippen LogP contribution in [0.3, 0.4) is 0 Å². The molecular formula is C34H50N4O5. The van der Waals surface area contributed by atoms with E-state index in [1.165, 1.54) is 17.3 Å². The molecule has 0 heterocycles. The summed E-state index contributed by atoms with van der Waals surface area (Å²) in [6.45, 7) is 8.02. The number of amides is 2. The van der Waals surface area contributed by atoms with Gasteiger partial charge in [0.05, 0.1) is 0 Å². The van der Waals surface area contributed by atoms with Crippen molar-refractivity contribution in [2.45, 2.75) is 53.4 Å². The van der Waals surface area contributed by atoms with Crippen molar-refractivity contribution in [3.05, 3.63) is 83.5 Å². The minimum absolute atomic E-state index is 0.0857. The van der Waals surface area contributed by atoms with Gasteiger partial charge in [-0.2, -0.15) is 0 Å². The zero-order valence-electron chi connectivity index (χ0n) is 26.9. The molecule has 2 amide bonds. The molecule has 0 spiro atoms. The van der Waals surface area contributed by atoms with E-state index in [0.29, 0.717) is 12.3 Å². The van der Waals surface area contributed by atoms with Gasteiger partial charge in [-0.3, -0.25) is 24.8 Å². The van der Waals surface area contributed by atoms with Crippen LogP contribution < -0.4 is 20.8 Å². The van der Waals surface area contributed by atoms with Gasteiger partial charge >= 0.3 is 0 Å². The Morgan fingerprint density at radius 1 is 0.814 bits per heavy atom. The lowest BCUT2D eigenvalue weighted by atomic mass is 9.88. The maximum absolute atomic E-state index is 12.4. The van der Waals surface area contributed by atoms with E-state index in [1.54, 1.807) is 17.0 Å². The lowest BCUT2D eigenvalue weighted by Crippen LogP contribution is -2.20. The van der Waals surface area contributed by atoms with Crippen LogP contribution in [-0.4, -0.2) is 56.2 Å². The Morgan fingerprint density at radius 3 is 1.84 bits per heavy atom. The maximum Gasteiger partial charge on any atom is 0.267 e. The highest BCUT2D eigenvalue weighted by Crippen LogP contribution is 2.22. The summed E-state index contributed by atoms with van der Waals surface area (Å²) in [4.78, 5) is 38.4. The van der Waals surface area contributed by atoms with Crippen molar-refractivity contribution in [1.29, 1.82) is 0 Å². The second kappa shape index (κ2) is 19.3. The van der Waals surface area contributed by atoms with Crippen LogP contribution in [-0.2, 0) is 16.0 Å². The van der Waals surface area contributed by atoms with E-state index in [-0.39, 0.29) is 29.9 Å². The molecule has 0 saturated heterocycles. The highest BCUT2D eigenvalue weighted by Gasteiger charge is 2.18. The summed E-state index contributed by atoms with van der Waals surface area (Å²) in [6, 6.07) is 16.1. The Bertz CT molecular complexity index is 1200. The average molecular weight is 595 g/mol. The summed E-state index contributed by atoms with van der Waals surface area (Å²) in [7, 11) is 7.98. The molecule has 4 N–H and O–H groups in total. The minimum Gasteiger partial charge on any atom is -0.378 e. The van der Waals surface area contributed by atoms with Crippen molar-refractivity contribution in [3.63, 3.8) is 0 Å². The molecular weight excluding hydrogens is 544 g/mol. The normalized spacial score (nSPS) is 13.3. The summed E-state index contributed by atoms with van der Waals surface area (Å²) >= 11 is 0. The second-order valence-corrected chi connectivity index (χ2v) is 11.6. The van der Waals surface area contributed by atoms with Crippen molar-refractivity contribution in [2.24, 2.45) is 17.8 Å². The fraction of sp³-hybridized carbons (Fsp3) is 0.441. The van der Waals surface area contributed by atoms with E-state index >= 15 is 0 Å². The molecule has 43 heavy (non-hydrogen) atoms. The summed E-state index contributed by atoms with van der Waals surface area (Å²) in [5, 5.41) is 16.9. The van der Waals surface area contributed by atoms with Gasteiger partial charge in [0.25, 0.3) is 5.91 Å². The van der Waals surface area contributed by atoms with Gasteiger partial charge in [-0.25, -0.2) is 11.0 Å². The molecule has 0 aliphatic rings. The monoisotopic (exact) mass is 594 g/mol. The van der Waals surface area contributed by atoms with Gasteiger partial charge in [0.15, 0.2) is 5.78 Å². The summed E-state index contributed by atoms with van der Waals surface area (Å²) < 4.78 is 0. The highest BCUT2D eigenvalue weighted by atomic mass is 16.5. The van der Waals surface area contributed by atoms with E-state index in [2.05, 4.69) is 42.2 Å². The van der Waals surface area contributed by atoms with Gasteiger partial charge in [0, 0.05) is 63.5 Å². The smallest absolute Gasteiger partial charge is 0.267 e. The summed E-state index contributed by atoms with van der Waals surface area (Å²) in [5.41, 5.74) is 8.45. The van der Waals surface area contributed by atoms with Crippen molar-refractivity contribution in [1.82, 2.24) is 11.0 Å². The molecule has 0 radical (unpaired) electrons. The van der Waals surface area contributed by atoms with Gasteiger partial charge in [-0.1, -0.05) is 50.6 Å². The van der Waals surface area contributed by atoms with Crippen LogP contribution in [0.5, 0.6) is 0 Å². The fourth-order valence-electron chi connectivity index (χ4n) is 4.58. The van der Waals surface area contributed by atoms with Crippen molar-refractivity contribution >= 4 is 29.0 Å². The molecule has 0 saturated carbocycles. The number of carbonyl (C=O) groups is 3. The number of benzene rings is 2. The minimum atomic E-state index is -0.519. The molecule has 0 aliphatic carbocycles. The summed E-state index contributed by atoms with van der Waals surface area (Å²) in [6.07, 6.45) is 7.72. The Balaban J connectivity index is 0.000000430. The van der Waals surface area contributed by atoms with E-state index < -0.39 is 5.91 Å². The number of nitrogens with zero attached hydrogens (tertiary/aromatic N) is 2. The predicted molar refractivity (Wildman–Crippen MR) is 174 cm³/mol. The molecule has 9 heteroatoms. The maximum atomic E-state index is 12.4. The van der Waals surface area contributed by atoms with Crippen LogP contribution in [0.1, 0.15) is 62.9 Å². The predicted octanol–water partition coefficient (Wildman–Crippen LogP) is 5.82. The van der Waals surface area contributed by atoms with Gasteiger partial charge in [0.2, 0.25) is 5.91 Å². The number of hydrogen-bond donors (Lipinski definition) is 4. The molecule has 2 aromatic carbocycles. The Kier molecular flexibility index (Phi) is 16.6. The van der Waals surface area contributed by atoms with E-state index in [1.807, 2.05) is 78.1 Å². The van der Waals surface area contributed by atoms with Gasteiger partial charge < -0.3 is 9.80 Å². The number of ketones is 1. The number of hydroxylamine groups is 2. The van der Waals surface area contributed by atoms with E-state index in [4.69, 9.17) is 10.4 Å². The topological polar surface area (TPSA) is 122 Å². The number of hydrogen-bond acceptors (Lipinski definition) is 7. The largest absolute Gasteiger partial charge is 0.378 e. The van der Waals surface area contributed by atoms with Crippen molar-refractivity contribution < 1.29 is 24.8 Å². The van der Waals surface area contributed by atoms with Gasteiger partial charge in [-0.15, -0.1) is 0 Å². The number of rotatable bonds is 14. The van der Waals surface area contributed by atoms with Crippen molar-refractivity contribution in [3.8, 4) is 0 Å². The first-order valence-electron chi connectivity index (χ1n) is 14.6. The first kappa shape index (κ1) is 37.1. The lowest BCUT2D eigenvalue weighted by molar-refractivity contribution is -0.129. The molecule has 0 aliphatic heterocycles. The van der Waals surface area contributed by atoms with Crippen LogP contribution in [0.2, 0.25) is 0 Å². The Labute approximate surface area is 257 Å². The number of anilines is 2. The first-order chi connectivity index (χ1) is 20.3. The van der Waals surface area contributed by atoms with Gasteiger partial charge in [-0.05, 0) is 80.0 Å². The SMILES string of the molecule is CC(/C=C/C(=O)NO)=C\C(C)Cc1ccc(N(C)C)cc1.CC(CCC(=O)NO)CC(C)C(=O)c1ccc(N(C)C)cc1. The van der Waals surface area contributed by atoms with Crippen LogP contribution in [0.15, 0.2) is 72.3 Å². The third-order valence-electron chi connectivity index (χ3n) is 7.03.